The van der Waals surface area contributed by atoms with Crippen molar-refractivity contribution in [3.8, 4) is 11.1 Å². The Morgan fingerprint density at radius 1 is 1.33 bits per heavy atom. The van der Waals surface area contributed by atoms with Gasteiger partial charge in [0.15, 0.2) is 0 Å². The zero-order chi connectivity index (χ0) is 8.55. The molecule has 2 N–H and O–H groups in total. The van der Waals surface area contributed by atoms with E-state index in [9.17, 15) is 0 Å². The van der Waals surface area contributed by atoms with Crippen molar-refractivity contribution in [2.45, 2.75) is 6.92 Å². The zero-order valence-electron chi connectivity index (χ0n) is 6.70. The molecule has 12 heavy (non-hydrogen) atoms. The second-order valence-electron chi connectivity index (χ2n) is 2.65. The van der Waals surface area contributed by atoms with Crippen LogP contribution in [0.2, 0.25) is 0 Å². The second-order valence-corrected chi connectivity index (χ2v) is 4.34. The number of hydrogen-bond donors (Lipinski definition) is 1. The van der Waals surface area contributed by atoms with Crippen LogP contribution in [0.15, 0.2) is 22.2 Å². The molecule has 3 heteroatoms. The average Bonchev–Trinajstić information content (AvgIpc) is 2.64. The van der Waals surface area contributed by atoms with Crippen molar-refractivity contribution in [1.82, 2.24) is 0 Å². The van der Waals surface area contributed by atoms with Gasteiger partial charge < -0.3 is 5.73 Å². The van der Waals surface area contributed by atoms with Crippen LogP contribution in [0.25, 0.3) is 11.1 Å². The van der Waals surface area contributed by atoms with Gasteiger partial charge in [-0.15, -0.1) is 11.3 Å². The van der Waals surface area contributed by atoms with Crippen LogP contribution < -0.4 is 5.73 Å². The molecule has 2 rings (SSSR count). The molecule has 0 spiro atoms. The van der Waals surface area contributed by atoms with Gasteiger partial charge in [-0.2, -0.15) is 11.3 Å². The fourth-order valence-electron chi connectivity index (χ4n) is 1.13. The molecule has 62 valence electrons. The molecular formula is C9H9NS2. The molecule has 0 saturated carbocycles. The number of nitrogen functional groups attached to an aromatic ring is 1. The number of thiophene rings is 2. The highest BCUT2D eigenvalue weighted by atomic mass is 32.1. The summed E-state index contributed by atoms with van der Waals surface area (Å²) in [4.78, 5) is 0. The molecule has 0 bridgehead atoms. The van der Waals surface area contributed by atoms with Crippen LogP contribution in [0.3, 0.4) is 0 Å². The van der Waals surface area contributed by atoms with Gasteiger partial charge in [0.2, 0.25) is 0 Å². The predicted octanol–water partition coefficient (Wildman–Crippen LogP) is 3.37. The first-order chi connectivity index (χ1) is 5.79. The van der Waals surface area contributed by atoms with Gasteiger partial charge in [0.1, 0.15) is 0 Å². The molecule has 2 heterocycles. The third-order valence-corrected chi connectivity index (χ3v) is 3.51. The van der Waals surface area contributed by atoms with E-state index in [-0.39, 0.29) is 0 Å². The minimum atomic E-state index is 0.927. The summed E-state index contributed by atoms with van der Waals surface area (Å²) in [5.41, 5.74) is 9.53. The van der Waals surface area contributed by atoms with Gasteiger partial charge in [0, 0.05) is 5.38 Å². The molecule has 0 aliphatic rings. The average molecular weight is 195 g/mol. The van der Waals surface area contributed by atoms with Crippen LogP contribution in [0.5, 0.6) is 0 Å². The molecule has 0 saturated heterocycles. The molecule has 2 aromatic rings. The third-order valence-electron chi connectivity index (χ3n) is 1.91. The smallest absolute Gasteiger partial charge is 0.0892 e. The highest BCUT2D eigenvalue weighted by Gasteiger charge is 2.06. The van der Waals surface area contributed by atoms with Crippen LogP contribution in [0.1, 0.15) is 5.56 Å². The van der Waals surface area contributed by atoms with Crippen molar-refractivity contribution in [1.29, 1.82) is 0 Å². The molecule has 2 aromatic heterocycles. The van der Waals surface area contributed by atoms with Crippen LogP contribution in [-0.4, -0.2) is 0 Å². The number of anilines is 1. The number of rotatable bonds is 1. The van der Waals surface area contributed by atoms with E-state index in [0.717, 1.165) is 5.00 Å². The van der Waals surface area contributed by atoms with E-state index in [4.69, 9.17) is 5.73 Å². The van der Waals surface area contributed by atoms with Crippen LogP contribution in [-0.2, 0) is 0 Å². The molecule has 0 unspecified atom stereocenters. The molecule has 0 aliphatic carbocycles. The van der Waals surface area contributed by atoms with Crippen molar-refractivity contribution in [2.75, 3.05) is 5.73 Å². The van der Waals surface area contributed by atoms with Gasteiger partial charge in [0.05, 0.1) is 5.00 Å². The van der Waals surface area contributed by atoms with Gasteiger partial charge >= 0.3 is 0 Å². The lowest BCUT2D eigenvalue weighted by molar-refractivity contribution is 1.54. The third kappa shape index (κ3) is 1.15. The summed E-state index contributed by atoms with van der Waals surface area (Å²) in [5.74, 6) is 0. The Labute approximate surface area is 79.5 Å². The van der Waals surface area contributed by atoms with Crippen molar-refractivity contribution >= 4 is 27.7 Å². The molecular weight excluding hydrogens is 186 g/mol. The predicted molar refractivity (Wildman–Crippen MR) is 56.8 cm³/mol. The summed E-state index contributed by atoms with van der Waals surface area (Å²) in [6.45, 7) is 2.07. The quantitative estimate of drug-likeness (QED) is 0.741. The van der Waals surface area contributed by atoms with Gasteiger partial charge in [-0.3, -0.25) is 0 Å². The topological polar surface area (TPSA) is 26.0 Å². The Bertz CT molecular complexity index is 373. The summed E-state index contributed by atoms with van der Waals surface area (Å²) < 4.78 is 0. The summed E-state index contributed by atoms with van der Waals surface area (Å²) >= 11 is 3.33. The van der Waals surface area contributed by atoms with Crippen LogP contribution >= 0.6 is 22.7 Å². The highest BCUT2D eigenvalue weighted by Crippen LogP contribution is 2.33. The van der Waals surface area contributed by atoms with Gasteiger partial charge in [0.25, 0.3) is 0 Å². The molecule has 0 aromatic carbocycles. The first kappa shape index (κ1) is 7.83. The minimum absolute atomic E-state index is 0.927. The minimum Gasteiger partial charge on any atom is -0.390 e. The zero-order valence-corrected chi connectivity index (χ0v) is 8.34. The number of hydrogen-bond acceptors (Lipinski definition) is 3. The summed E-state index contributed by atoms with van der Waals surface area (Å²) in [5, 5.41) is 7.28. The Morgan fingerprint density at radius 3 is 2.67 bits per heavy atom. The van der Waals surface area contributed by atoms with E-state index < -0.39 is 0 Å². The Balaban J connectivity index is 2.55. The first-order valence-electron chi connectivity index (χ1n) is 3.65. The standard InChI is InChI=1S/C9H9NS2/c1-6-8(5-12-9(6)10)7-2-3-11-4-7/h2-5H,10H2,1H3. The van der Waals surface area contributed by atoms with E-state index in [0.29, 0.717) is 0 Å². The van der Waals surface area contributed by atoms with Crippen molar-refractivity contribution < 1.29 is 0 Å². The second kappa shape index (κ2) is 2.92. The van der Waals surface area contributed by atoms with Gasteiger partial charge in [-0.05, 0) is 40.4 Å². The summed E-state index contributed by atoms with van der Waals surface area (Å²) in [6.07, 6.45) is 0. The number of nitrogens with two attached hydrogens (primary N) is 1. The van der Waals surface area contributed by atoms with Gasteiger partial charge in [-0.1, -0.05) is 0 Å². The largest absolute Gasteiger partial charge is 0.390 e. The fourth-order valence-corrected chi connectivity index (χ4v) is 2.63. The molecule has 1 nitrogen and oxygen atoms in total. The maximum absolute atomic E-state index is 5.77. The lowest BCUT2D eigenvalue weighted by Gasteiger charge is -1.94. The Hall–Kier alpha value is -0.800. The summed E-state index contributed by atoms with van der Waals surface area (Å²) in [6, 6.07) is 2.12. The molecule has 0 amide bonds. The monoisotopic (exact) mass is 195 g/mol. The van der Waals surface area contributed by atoms with E-state index >= 15 is 0 Å². The lowest BCUT2D eigenvalue weighted by atomic mass is 10.1. The normalized spacial score (nSPS) is 10.4. The van der Waals surface area contributed by atoms with E-state index in [1.807, 2.05) is 0 Å². The SMILES string of the molecule is Cc1c(-c2ccsc2)csc1N. The molecule has 0 fully saturated rings. The lowest BCUT2D eigenvalue weighted by Crippen LogP contribution is -1.82. The first-order valence-corrected chi connectivity index (χ1v) is 5.47. The molecule has 0 atom stereocenters. The maximum Gasteiger partial charge on any atom is 0.0892 e. The van der Waals surface area contributed by atoms with Crippen LogP contribution in [0.4, 0.5) is 5.00 Å². The molecule has 0 aliphatic heterocycles. The van der Waals surface area contributed by atoms with Crippen molar-refractivity contribution in [2.24, 2.45) is 0 Å². The summed E-state index contributed by atoms with van der Waals surface area (Å²) in [7, 11) is 0. The van der Waals surface area contributed by atoms with E-state index in [1.54, 1.807) is 22.7 Å². The molecule has 0 radical (unpaired) electrons. The van der Waals surface area contributed by atoms with Crippen molar-refractivity contribution in [3.63, 3.8) is 0 Å². The Morgan fingerprint density at radius 2 is 2.17 bits per heavy atom. The van der Waals surface area contributed by atoms with E-state index in [1.165, 1.54) is 16.7 Å². The maximum atomic E-state index is 5.77. The highest BCUT2D eigenvalue weighted by molar-refractivity contribution is 7.14. The van der Waals surface area contributed by atoms with Crippen LogP contribution in [0, 0.1) is 6.92 Å². The Kier molecular flexibility index (Phi) is 1.90. The van der Waals surface area contributed by atoms with Gasteiger partial charge in [-0.25, -0.2) is 0 Å². The van der Waals surface area contributed by atoms with Crippen molar-refractivity contribution in [3.05, 3.63) is 27.8 Å². The van der Waals surface area contributed by atoms with E-state index in [2.05, 4.69) is 29.1 Å². The fraction of sp³-hybridized carbons (Fsp3) is 0.111.